The maximum atomic E-state index is 11.2. The van der Waals surface area contributed by atoms with Gasteiger partial charge in [-0.3, -0.25) is 4.79 Å². The van der Waals surface area contributed by atoms with Crippen LogP contribution < -0.4 is 10.6 Å². The Hall–Kier alpha value is -2.34. The van der Waals surface area contributed by atoms with Gasteiger partial charge in [0.2, 0.25) is 11.9 Å². The van der Waals surface area contributed by atoms with Crippen LogP contribution in [0.5, 0.6) is 0 Å². The lowest BCUT2D eigenvalue weighted by molar-refractivity contribution is -0.111. The average molecular weight is 286 g/mol. The van der Waals surface area contributed by atoms with Gasteiger partial charge >= 0.3 is 0 Å². The van der Waals surface area contributed by atoms with E-state index in [4.69, 9.17) is 0 Å². The van der Waals surface area contributed by atoms with Crippen LogP contribution in [-0.4, -0.2) is 22.1 Å². The van der Waals surface area contributed by atoms with Crippen molar-refractivity contribution in [2.24, 2.45) is 0 Å². The number of anilines is 3. The number of nitrogens with zero attached hydrogens (tertiary/aromatic N) is 2. The molecular formula is C14H14N4OS. The molecule has 20 heavy (non-hydrogen) atoms. The van der Waals surface area contributed by atoms with Gasteiger partial charge in [-0.2, -0.15) is 0 Å². The molecule has 1 amide bonds. The maximum absolute atomic E-state index is 11.2. The molecule has 0 saturated carbocycles. The lowest BCUT2D eigenvalue weighted by Gasteiger charge is -2.07. The van der Waals surface area contributed by atoms with E-state index in [0.717, 1.165) is 10.7 Å². The fourth-order valence-corrected chi connectivity index (χ4v) is 1.85. The number of carbonyl (C=O) groups is 1. The number of amides is 1. The Balaban J connectivity index is 2.06. The summed E-state index contributed by atoms with van der Waals surface area (Å²) in [6.45, 7) is 3.40. The number of thioether (sulfide) groups is 1. The Labute approximate surface area is 121 Å². The van der Waals surface area contributed by atoms with Gasteiger partial charge in [0.25, 0.3) is 0 Å². The smallest absolute Gasteiger partial charge is 0.247 e. The normalized spacial score (nSPS) is 9.85. The van der Waals surface area contributed by atoms with Crippen LogP contribution in [0.25, 0.3) is 0 Å². The molecule has 0 atom stereocenters. The summed E-state index contributed by atoms with van der Waals surface area (Å²) in [5, 5.41) is 6.69. The van der Waals surface area contributed by atoms with Crippen LogP contribution in [0.3, 0.4) is 0 Å². The van der Waals surface area contributed by atoms with Gasteiger partial charge in [0.15, 0.2) is 0 Å². The highest BCUT2D eigenvalue weighted by Gasteiger charge is 2.01. The van der Waals surface area contributed by atoms with Gasteiger partial charge in [-0.15, -0.1) is 11.8 Å². The third-order valence-corrected chi connectivity index (χ3v) is 3.08. The molecule has 5 nitrogen and oxygen atoms in total. The predicted octanol–water partition coefficient (Wildman–Crippen LogP) is 3.07. The minimum atomic E-state index is -0.235. The molecule has 1 heterocycles. The standard InChI is InChI=1S/C14H14N4OS/c1-3-12(19)16-10-4-6-11(7-5-10)17-14-15-9-8-13(18-14)20-2/h3-9H,1H2,2H3,(H,16,19)(H,15,17,18). The first kappa shape index (κ1) is 14.1. The van der Waals surface area contributed by atoms with Crippen molar-refractivity contribution in [1.29, 1.82) is 0 Å². The van der Waals surface area contributed by atoms with Crippen LogP contribution in [0.1, 0.15) is 0 Å². The largest absolute Gasteiger partial charge is 0.324 e. The zero-order chi connectivity index (χ0) is 14.4. The predicted molar refractivity (Wildman–Crippen MR) is 82.4 cm³/mol. The summed E-state index contributed by atoms with van der Waals surface area (Å²) in [5.41, 5.74) is 1.55. The van der Waals surface area contributed by atoms with E-state index in [2.05, 4.69) is 27.2 Å². The second-order valence-electron chi connectivity index (χ2n) is 3.82. The van der Waals surface area contributed by atoms with Crippen LogP contribution in [0.15, 0.2) is 54.2 Å². The minimum Gasteiger partial charge on any atom is -0.324 e. The quantitative estimate of drug-likeness (QED) is 0.502. The zero-order valence-electron chi connectivity index (χ0n) is 11.0. The second kappa shape index (κ2) is 6.72. The van der Waals surface area contributed by atoms with E-state index in [1.165, 1.54) is 6.08 Å². The van der Waals surface area contributed by atoms with E-state index >= 15 is 0 Å². The molecule has 2 rings (SSSR count). The Bertz CT molecular complexity index is 613. The lowest BCUT2D eigenvalue weighted by Crippen LogP contribution is -2.07. The van der Waals surface area contributed by atoms with Gasteiger partial charge < -0.3 is 10.6 Å². The molecule has 1 aromatic heterocycles. The molecule has 0 unspecified atom stereocenters. The fraction of sp³-hybridized carbons (Fsp3) is 0.0714. The van der Waals surface area contributed by atoms with Gasteiger partial charge in [-0.1, -0.05) is 6.58 Å². The molecule has 0 spiro atoms. The molecular weight excluding hydrogens is 272 g/mol. The first-order valence-electron chi connectivity index (χ1n) is 5.89. The molecule has 0 saturated heterocycles. The van der Waals surface area contributed by atoms with E-state index in [1.807, 2.05) is 24.5 Å². The Kier molecular flexibility index (Phi) is 4.73. The summed E-state index contributed by atoms with van der Waals surface area (Å²) in [6.07, 6.45) is 4.90. The van der Waals surface area contributed by atoms with Crippen molar-refractivity contribution in [2.75, 3.05) is 16.9 Å². The third kappa shape index (κ3) is 3.83. The zero-order valence-corrected chi connectivity index (χ0v) is 11.8. The number of hydrogen-bond donors (Lipinski definition) is 2. The lowest BCUT2D eigenvalue weighted by atomic mass is 10.3. The van der Waals surface area contributed by atoms with Crippen molar-refractivity contribution in [3.05, 3.63) is 49.2 Å². The number of benzene rings is 1. The van der Waals surface area contributed by atoms with Crippen LogP contribution >= 0.6 is 11.8 Å². The Morgan fingerprint density at radius 3 is 2.60 bits per heavy atom. The highest BCUT2D eigenvalue weighted by molar-refractivity contribution is 7.98. The van der Waals surface area contributed by atoms with Gasteiger partial charge in [0.05, 0.1) is 0 Å². The van der Waals surface area contributed by atoms with E-state index in [1.54, 1.807) is 30.1 Å². The van der Waals surface area contributed by atoms with Crippen molar-refractivity contribution < 1.29 is 4.79 Å². The van der Waals surface area contributed by atoms with Gasteiger partial charge in [-0.25, -0.2) is 9.97 Å². The van der Waals surface area contributed by atoms with Gasteiger partial charge in [0.1, 0.15) is 5.03 Å². The third-order valence-electron chi connectivity index (χ3n) is 2.43. The number of rotatable bonds is 5. The molecule has 1 aromatic carbocycles. The Morgan fingerprint density at radius 1 is 1.25 bits per heavy atom. The number of carbonyl (C=O) groups excluding carboxylic acids is 1. The molecule has 0 bridgehead atoms. The minimum absolute atomic E-state index is 0.235. The summed E-state index contributed by atoms with van der Waals surface area (Å²) in [5.74, 6) is 0.307. The van der Waals surface area contributed by atoms with Crippen molar-refractivity contribution in [3.8, 4) is 0 Å². The van der Waals surface area contributed by atoms with Gasteiger partial charge in [-0.05, 0) is 42.7 Å². The number of nitrogens with one attached hydrogen (secondary N) is 2. The monoisotopic (exact) mass is 286 g/mol. The summed E-state index contributed by atoms with van der Waals surface area (Å²) in [6, 6.07) is 9.12. The van der Waals surface area contributed by atoms with E-state index in [0.29, 0.717) is 11.6 Å². The SMILES string of the molecule is C=CC(=O)Nc1ccc(Nc2nccc(SC)n2)cc1. The fourth-order valence-electron chi connectivity index (χ4n) is 1.48. The van der Waals surface area contributed by atoms with Crippen molar-refractivity contribution in [3.63, 3.8) is 0 Å². The first-order valence-corrected chi connectivity index (χ1v) is 7.11. The molecule has 0 radical (unpaired) electrons. The van der Waals surface area contributed by atoms with Crippen LogP contribution in [-0.2, 0) is 4.79 Å². The topological polar surface area (TPSA) is 66.9 Å². The summed E-state index contributed by atoms with van der Waals surface area (Å²) < 4.78 is 0. The van der Waals surface area contributed by atoms with Gasteiger partial charge in [0, 0.05) is 17.6 Å². The highest BCUT2D eigenvalue weighted by atomic mass is 32.2. The van der Waals surface area contributed by atoms with Crippen molar-refractivity contribution in [2.45, 2.75) is 5.03 Å². The summed E-state index contributed by atoms with van der Waals surface area (Å²) in [7, 11) is 0. The van der Waals surface area contributed by atoms with Crippen LogP contribution in [0.4, 0.5) is 17.3 Å². The molecule has 6 heteroatoms. The highest BCUT2D eigenvalue weighted by Crippen LogP contribution is 2.18. The molecule has 2 N–H and O–H groups in total. The van der Waals surface area contributed by atoms with Crippen molar-refractivity contribution >= 4 is 35.0 Å². The molecule has 0 aliphatic carbocycles. The molecule has 102 valence electrons. The average Bonchev–Trinajstić information content (AvgIpc) is 2.49. The molecule has 0 aliphatic rings. The summed E-state index contributed by atoms with van der Waals surface area (Å²) >= 11 is 1.56. The molecule has 0 aliphatic heterocycles. The Morgan fingerprint density at radius 2 is 1.95 bits per heavy atom. The maximum Gasteiger partial charge on any atom is 0.247 e. The second-order valence-corrected chi connectivity index (χ2v) is 4.64. The van der Waals surface area contributed by atoms with Crippen LogP contribution in [0.2, 0.25) is 0 Å². The van der Waals surface area contributed by atoms with E-state index in [9.17, 15) is 4.79 Å². The van der Waals surface area contributed by atoms with Crippen LogP contribution in [0, 0.1) is 0 Å². The summed E-state index contributed by atoms with van der Waals surface area (Å²) in [4.78, 5) is 19.6. The molecule has 2 aromatic rings. The van der Waals surface area contributed by atoms with Crippen molar-refractivity contribution in [1.82, 2.24) is 9.97 Å². The number of aromatic nitrogens is 2. The van der Waals surface area contributed by atoms with E-state index < -0.39 is 0 Å². The number of hydrogen-bond acceptors (Lipinski definition) is 5. The van der Waals surface area contributed by atoms with E-state index in [-0.39, 0.29) is 5.91 Å². The molecule has 0 fully saturated rings. The first-order chi connectivity index (χ1) is 9.71.